The Hall–Kier alpha value is -3.19. The average Bonchev–Trinajstić information content (AvgIpc) is 2.69. The van der Waals surface area contributed by atoms with Crippen LogP contribution in [0.15, 0.2) is 48.5 Å². The van der Waals surface area contributed by atoms with Gasteiger partial charge in [-0.05, 0) is 60.6 Å². The second-order valence-electron chi connectivity index (χ2n) is 5.93. The van der Waals surface area contributed by atoms with Crippen molar-refractivity contribution in [2.24, 2.45) is 0 Å². The number of rotatable bonds is 6. The number of ether oxygens (including phenoxy) is 1. The molecule has 0 aliphatic rings. The molecular formula is C21H23N3O3S. The molecule has 3 N–H and O–H groups in total. The van der Waals surface area contributed by atoms with Crippen LogP contribution in [-0.4, -0.2) is 24.0 Å². The van der Waals surface area contributed by atoms with Crippen LogP contribution in [0.2, 0.25) is 0 Å². The van der Waals surface area contributed by atoms with Gasteiger partial charge in [0.05, 0.1) is 7.11 Å². The fourth-order valence-corrected chi connectivity index (χ4v) is 2.55. The summed E-state index contributed by atoms with van der Waals surface area (Å²) in [6.45, 7) is 3.65. The van der Waals surface area contributed by atoms with E-state index in [1.54, 1.807) is 26.2 Å². The van der Waals surface area contributed by atoms with Gasteiger partial charge in [0, 0.05) is 23.9 Å². The van der Waals surface area contributed by atoms with Gasteiger partial charge in [0.2, 0.25) is 11.8 Å². The van der Waals surface area contributed by atoms with E-state index in [1.165, 1.54) is 6.08 Å². The number of carbonyl (C=O) groups excluding carboxylic acids is 2. The van der Waals surface area contributed by atoms with Crippen LogP contribution in [0.1, 0.15) is 24.5 Å². The van der Waals surface area contributed by atoms with Crippen LogP contribution >= 0.6 is 12.2 Å². The zero-order valence-electron chi connectivity index (χ0n) is 16.0. The van der Waals surface area contributed by atoms with E-state index < -0.39 is 0 Å². The maximum absolute atomic E-state index is 12.1. The van der Waals surface area contributed by atoms with Gasteiger partial charge in [-0.1, -0.05) is 25.1 Å². The first-order valence-electron chi connectivity index (χ1n) is 8.76. The molecule has 146 valence electrons. The molecule has 0 saturated carbocycles. The minimum atomic E-state index is -0.346. The van der Waals surface area contributed by atoms with Crippen molar-refractivity contribution in [2.75, 3.05) is 17.7 Å². The van der Waals surface area contributed by atoms with Crippen molar-refractivity contribution in [3.8, 4) is 5.75 Å². The van der Waals surface area contributed by atoms with Gasteiger partial charge in [0.25, 0.3) is 0 Å². The lowest BCUT2D eigenvalue weighted by Crippen LogP contribution is -2.33. The Morgan fingerprint density at radius 1 is 1.07 bits per heavy atom. The third-order valence-electron chi connectivity index (χ3n) is 3.96. The minimum absolute atomic E-state index is 0.0696. The van der Waals surface area contributed by atoms with Crippen molar-refractivity contribution >= 4 is 46.6 Å². The highest BCUT2D eigenvalue weighted by Crippen LogP contribution is 2.23. The summed E-state index contributed by atoms with van der Waals surface area (Å²) < 4.78 is 5.10. The maximum atomic E-state index is 12.1. The van der Waals surface area contributed by atoms with Crippen LogP contribution in [0.25, 0.3) is 6.08 Å². The monoisotopic (exact) mass is 397 g/mol. The van der Waals surface area contributed by atoms with Gasteiger partial charge in [-0.25, -0.2) is 0 Å². The predicted molar refractivity (Wildman–Crippen MR) is 116 cm³/mol. The van der Waals surface area contributed by atoms with E-state index in [-0.39, 0.29) is 16.9 Å². The van der Waals surface area contributed by atoms with Gasteiger partial charge in [-0.15, -0.1) is 0 Å². The van der Waals surface area contributed by atoms with Crippen molar-refractivity contribution < 1.29 is 14.3 Å². The van der Waals surface area contributed by atoms with Crippen molar-refractivity contribution in [3.05, 3.63) is 59.7 Å². The highest BCUT2D eigenvalue weighted by molar-refractivity contribution is 7.80. The van der Waals surface area contributed by atoms with Crippen molar-refractivity contribution in [1.29, 1.82) is 0 Å². The van der Waals surface area contributed by atoms with Crippen molar-refractivity contribution in [1.82, 2.24) is 5.32 Å². The summed E-state index contributed by atoms with van der Waals surface area (Å²) in [5.41, 5.74) is 3.10. The molecule has 0 saturated heterocycles. The molecule has 0 fully saturated rings. The Morgan fingerprint density at radius 3 is 2.32 bits per heavy atom. The number of benzene rings is 2. The van der Waals surface area contributed by atoms with Crippen LogP contribution in [-0.2, 0) is 9.59 Å². The highest BCUT2D eigenvalue weighted by atomic mass is 32.1. The molecule has 2 rings (SSSR count). The third-order valence-corrected chi connectivity index (χ3v) is 4.16. The second-order valence-corrected chi connectivity index (χ2v) is 6.34. The number of methoxy groups -OCH3 is 1. The fourth-order valence-electron chi connectivity index (χ4n) is 2.34. The Labute approximate surface area is 170 Å². The number of hydrogen-bond donors (Lipinski definition) is 3. The van der Waals surface area contributed by atoms with Gasteiger partial charge >= 0.3 is 0 Å². The predicted octanol–water partition coefficient (Wildman–Crippen LogP) is 3.88. The molecule has 0 heterocycles. The summed E-state index contributed by atoms with van der Waals surface area (Å²) >= 11 is 5.21. The summed E-state index contributed by atoms with van der Waals surface area (Å²) in [5, 5.41) is 8.59. The Morgan fingerprint density at radius 2 is 1.71 bits per heavy atom. The number of carbonyl (C=O) groups is 2. The van der Waals surface area contributed by atoms with Crippen LogP contribution < -0.4 is 20.7 Å². The van der Waals surface area contributed by atoms with Gasteiger partial charge in [-0.2, -0.15) is 0 Å². The van der Waals surface area contributed by atoms with E-state index >= 15 is 0 Å². The zero-order chi connectivity index (χ0) is 20.5. The van der Waals surface area contributed by atoms with Crippen molar-refractivity contribution in [2.45, 2.75) is 20.3 Å². The molecule has 0 atom stereocenters. The normalized spacial score (nSPS) is 10.4. The Bertz CT molecular complexity index is 892. The van der Waals surface area contributed by atoms with E-state index in [0.29, 0.717) is 17.8 Å². The molecule has 0 unspecified atom stereocenters. The lowest BCUT2D eigenvalue weighted by molar-refractivity contribution is -0.116. The van der Waals surface area contributed by atoms with Gasteiger partial charge < -0.3 is 15.4 Å². The molecule has 6 nitrogen and oxygen atoms in total. The lowest BCUT2D eigenvalue weighted by Gasteiger charge is -2.14. The third kappa shape index (κ3) is 6.21. The largest absolute Gasteiger partial charge is 0.497 e. The Balaban J connectivity index is 1.95. The molecule has 7 heteroatoms. The number of thiocarbonyl (C=S) groups is 1. The summed E-state index contributed by atoms with van der Waals surface area (Å²) in [7, 11) is 1.60. The van der Waals surface area contributed by atoms with Gasteiger partial charge in [-0.3, -0.25) is 14.9 Å². The Kier molecular flexibility index (Phi) is 7.71. The number of anilines is 2. The topological polar surface area (TPSA) is 79.5 Å². The number of hydrogen-bond acceptors (Lipinski definition) is 4. The molecule has 0 aromatic heterocycles. The molecule has 0 spiro atoms. The summed E-state index contributed by atoms with van der Waals surface area (Å²) in [6.07, 6.45) is 3.48. The van der Waals surface area contributed by atoms with Crippen LogP contribution in [0.5, 0.6) is 5.75 Å². The maximum Gasteiger partial charge on any atom is 0.250 e. The minimum Gasteiger partial charge on any atom is -0.497 e. The number of nitrogens with one attached hydrogen (secondary N) is 3. The molecule has 2 aromatic rings. The second kappa shape index (κ2) is 10.2. The van der Waals surface area contributed by atoms with E-state index in [4.69, 9.17) is 17.0 Å². The molecule has 0 radical (unpaired) electrons. The van der Waals surface area contributed by atoms with Crippen LogP contribution in [0.4, 0.5) is 11.4 Å². The average molecular weight is 398 g/mol. The molecule has 0 aliphatic heterocycles. The van der Waals surface area contributed by atoms with E-state index in [0.717, 1.165) is 16.9 Å². The quantitative estimate of drug-likeness (QED) is 0.509. The zero-order valence-corrected chi connectivity index (χ0v) is 16.9. The van der Waals surface area contributed by atoms with Crippen molar-refractivity contribution in [3.63, 3.8) is 0 Å². The summed E-state index contributed by atoms with van der Waals surface area (Å²) in [6, 6.07) is 12.8. The first-order valence-corrected chi connectivity index (χ1v) is 9.17. The van der Waals surface area contributed by atoms with Crippen LogP contribution in [0, 0.1) is 6.92 Å². The van der Waals surface area contributed by atoms with Crippen LogP contribution in [0.3, 0.4) is 0 Å². The molecule has 2 aromatic carbocycles. The van der Waals surface area contributed by atoms with Gasteiger partial charge in [0.15, 0.2) is 5.11 Å². The van der Waals surface area contributed by atoms with E-state index in [1.807, 2.05) is 43.3 Å². The van der Waals surface area contributed by atoms with E-state index in [9.17, 15) is 9.59 Å². The SMILES string of the molecule is CCC(=O)Nc1cccc(NC(=S)NC(=O)/C=C/c2ccc(OC)cc2)c1C. The molecule has 0 bridgehead atoms. The standard InChI is InChI=1S/C21H23N3O3S/c1-4-19(25)22-17-6-5-7-18(14(17)2)23-21(28)24-20(26)13-10-15-8-11-16(27-3)12-9-15/h5-13H,4H2,1-3H3,(H,22,25)(H2,23,24,26,28)/b13-10+. The first-order chi connectivity index (χ1) is 13.4. The molecule has 2 amide bonds. The van der Waals surface area contributed by atoms with E-state index in [2.05, 4.69) is 16.0 Å². The summed E-state index contributed by atoms with van der Waals surface area (Å²) in [4.78, 5) is 23.7. The summed E-state index contributed by atoms with van der Waals surface area (Å²) in [5.74, 6) is 0.334. The molecule has 0 aliphatic carbocycles. The smallest absolute Gasteiger partial charge is 0.250 e. The molecule has 28 heavy (non-hydrogen) atoms. The fraction of sp³-hybridized carbons (Fsp3) is 0.190. The first kappa shape index (κ1) is 21.1. The lowest BCUT2D eigenvalue weighted by atomic mass is 10.1. The highest BCUT2D eigenvalue weighted by Gasteiger charge is 2.08. The van der Waals surface area contributed by atoms with Gasteiger partial charge in [0.1, 0.15) is 5.75 Å². The number of amides is 2. The molecular weight excluding hydrogens is 374 g/mol.